The summed E-state index contributed by atoms with van der Waals surface area (Å²) in [5, 5.41) is 6.79. The molecule has 0 aliphatic carbocycles. The standard InChI is InChI=1S/C21H29F3N4O4/c1-13(11-30-7)14-8-17-26-15(10-28(17)25-9-14)16(27-18(29)32-19(2,3)4)12-31-20(5,6)21(22,23)24/h8-10,16H,1,11-12H2,2-7H3,(H,27,29)/t16-/m0/s1. The van der Waals surface area contributed by atoms with E-state index in [1.54, 1.807) is 40.1 Å². The second-order valence-electron chi connectivity index (χ2n) is 8.77. The van der Waals surface area contributed by atoms with Gasteiger partial charge in [0.15, 0.2) is 11.2 Å². The third kappa shape index (κ3) is 6.67. The van der Waals surface area contributed by atoms with E-state index >= 15 is 0 Å². The predicted molar refractivity (Wildman–Crippen MR) is 112 cm³/mol. The molecule has 1 atom stereocenters. The van der Waals surface area contributed by atoms with Crippen LogP contribution in [-0.2, 0) is 14.2 Å². The van der Waals surface area contributed by atoms with E-state index in [0.29, 0.717) is 23.4 Å². The number of aromatic nitrogens is 3. The van der Waals surface area contributed by atoms with Crippen LogP contribution >= 0.6 is 0 Å². The molecule has 0 fully saturated rings. The summed E-state index contributed by atoms with van der Waals surface area (Å²) in [7, 11) is 1.54. The van der Waals surface area contributed by atoms with Gasteiger partial charge in [0, 0.05) is 12.7 Å². The Balaban J connectivity index is 2.33. The van der Waals surface area contributed by atoms with Gasteiger partial charge < -0.3 is 19.5 Å². The maximum atomic E-state index is 13.2. The maximum Gasteiger partial charge on any atom is 0.416 e. The van der Waals surface area contributed by atoms with Gasteiger partial charge in [-0.2, -0.15) is 18.3 Å². The Morgan fingerprint density at radius 2 is 1.91 bits per heavy atom. The molecule has 0 aliphatic heterocycles. The second kappa shape index (κ2) is 9.45. The number of rotatable bonds is 8. The van der Waals surface area contributed by atoms with E-state index in [1.807, 2.05) is 0 Å². The number of alkyl halides is 3. The lowest BCUT2D eigenvalue weighted by Gasteiger charge is -2.30. The summed E-state index contributed by atoms with van der Waals surface area (Å²) in [5.41, 5.74) is -1.16. The Morgan fingerprint density at radius 3 is 2.47 bits per heavy atom. The van der Waals surface area contributed by atoms with Gasteiger partial charge in [0.1, 0.15) is 5.60 Å². The minimum atomic E-state index is -4.60. The number of alkyl carbamates (subject to hydrolysis) is 1. The average molecular weight is 458 g/mol. The van der Waals surface area contributed by atoms with Crippen LogP contribution < -0.4 is 5.32 Å². The first kappa shape index (κ1) is 25.6. The van der Waals surface area contributed by atoms with Gasteiger partial charge in [-0.05, 0) is 46.3 Å². The van der Waals surface area contributed by atoms with Crippen LogP contribution in [0.5, 0.6) is 0 Å². The Bertz CT molecular complexity index is 964. The zero-order valence-electron chi connectivity index (χ0n) is 19.0. The molecular formula is C21H29F3N4O4. The van der Waals surface area contributed by atoms with Gasteiger partial charge in [-0.15, -0.1) is 0 Å². The van der Waals surface area contributed by atoms with Crippen molar-refractivity contribution in [2.45, 2.75) is 58.0 Å². The highest BCUT2D eigenvalue weighted by molar-refractivity contribution is 5.68. The van der Waals surface area contributed by atoms with Crippen LogP contribution in [0.25, 0.3) is 11.2 Å². The number of hydrogen-bond donors (Lipinski definition) is 1. The zero-order chi connectivity index (χ0) is 24.3. The number of ether oxygens (including phenoxy) is 3. The number of nitrogens with zero attached hydrogens (tertiary/aromatic N) is 3. The molecule has 178 valence electrons. The monoisotopic (exact) mass is 458 g/mol. The summed E-state index contributed by atoms with van der Waals surface area (Å²) < 4.78 is 56.6. The number of imidazole rings is 1. The van der Waals surface area contributed by atoms with Crippen LogP contribution in [0, 0.1) is 0 Å². The lowest BCUT2D eigenvalue weighted by Crippen LogP contribution is -2.44. The van der Waals surface area contributed by atoms with Crippen LogP contribution in [0.3, 0.4) is 0 Å². The molecule has 0 saturated heterocycles. The number of carbonyl (C=O) groups is 1. The molecular weight excluding hydrogens is 429 g/mol. The Labute approximate surface area is 184 Å². The Hall–Kier alpha value is -2.66. The van der Waals surface area contributed by atoms with Crippen molar-refractivity contribution in [2.75, 3.05) is 20.3 Å². The van der Waals surface area contributed by atoms with E-state index in [4.69, 9.17) is 14.2 Å². The highest BCUT2D eigenvalue weighted by Gasteiger charge is 2.49. The molecule has 1 N–H and O–H groups in total. The molecule has 2 aromatic rings. The minimum absolute atomic E-state index is 0.260. The summed E-state index contributed by atoms with van der Waals surface area (Å²) in [6.07, 6.45) is -2.33. The van der Waals surface area contributed by atoms with Crippen molar-refractivity contribution in [2.24, 2.45) is 0 Å². The van der Waals surface area contributed by atoms with Gasteiger partial charge >= 0.3 is 12.3 Å². The molecule has 2 heterocycles. The van der Waals surface area contributed by atoms with Crippen molar-refractivity contribution in [1.82, 2.24) is 19.9 Å². The minimum Gasteiger partial charge on any atom is -0.444 e. The average Bonchev–Trinajstić information content (AvgIpc) is 3.06. The van der Waals surface area contributed by atoms with Gasteiger partial charge in [-0.25, -0.2) is 14.3 Å². The number of fused-ring (bicyclic) bond motifs is 1. The van der Waals surface area contributed by atoms with E-state index in [0.717, 1.165) is 13.8 Å². The number of carbonyl (C=O) groups excluding carboxylic acids is 1. The van der Waals surface area contributed by atoms with Crippen molar-refractivity contribution < 1.29 is 32.2 Å². The van der Waals surface area contributed by atoms with Gasteiger partial charge in [-0.1, -0.05) is 6.58 Å². The fourth-order valence-electron chi connectivity index (χ4n) is 2.54. The van der Waals surface area contributed by atoms with Crippen LogP contribution in [0.15, 0.2) is 25.0 Å². The summed E-state index contributed by atoms with van der Waals surface area (Å²) >= 11 is 0. The summed E-state index contributed by atoms with van der Waals surface area (Å²) in [5.74, 6) is 0. The maximum absolute atomic E-state index is 13.2. The Kier molecular flexibility index (Phi) is 7.56. The van der Waals surface area contributed by atoms with Gasteiger partial charge in [0.2, 0.25) is 0 Å². The highest BCUT2D eigenvalue weighted by atomic mass is 19.4. The third-order valence-electron chi connectivity index (χ3n) is 4.41. The molecule has 0 aromatic carbocycles. The fraction of sp³-hybridized carbons (Fsp3) is 0.571. The molecule has 11 heteroatoms. The number of nitrogens with one attached hydrogen (secondary N) is 1. The van der Waals surface area contributed by atoms with Crippen molar-refractivity contribution in [3.05, 3.63) is 36.3 Å². The van der Waals surface area contributed by atoms with E-state index in [1.165, 1.54) is 10.7 Å². The van der Waals surface area contributed by atoms with Crippen molar-refractivity contribution in [3.63, 3.8) is 0 Å². The summed E-state index contributed by atoms with van der Waals surface area (Å²) in [6, 6.07) is 0.696. The van der Waals surface area contributed by atoms with Crippen molar-refractivity contribution in [1.29, 1.82) is 0 Å². The predicted octanol–water partition coefficient (Wildman–Crippen LogP) is 4.31. The van der Waals surface area contributed by atoms with E-state index in [9.17, 15) is 18.0 Å². The van der Waals surface area contributed by atoms with Crippen LogP contribution in [0.1, 0.15) is 51.9 Å². The second-order valence-corrected chi connectivity index (χ2v) is 8.77. The summed E-state index contributed by atoms with van der Waals surface area (Å²) in [4.78, 5) is 16.7. The number of amides is 1. The molecule has 0 saturated carbocycles. The normalized spacial score (nSPS) is 13.8. The van der Waals surface area contributed by atoms with Crippen molar-refractivity contribution in [3.8, 4) is 0 Å². The molecule has 32 heavy (non-hydrogen) atoms. The number of hydrogen-bond acceptors (Lipinski definition) is 6. The number of methoxy groups -OCH3 is 1. The molecule has 0 aliphatic rings. The smallest absolute Gasteiger partial charge is 0.416 e. The molecule has 8 nitrogen and oxygen atoms in total. The SMILES string of the molecule is C=C(COC)c1cnn2cc([C@H](COC(C)(C)C(F)(F)F)NC(=O)OC(C)(C)C)nc2c1. The van der Waals surface area contributed by atoms with E-state index in [-0.39, 0.29) is 5.69 Å². The summed E-state index contributed by atoms with van der Waals surface area (Å²) in [6.45, 7) is 10.6. The topological polar surface area (TPSA) is 87.0 Å². The molecule has 0 radical (unpaired) electrons. The zero-order valence-corrected chi connectivity index (χ0v) is 19.0. The first-order valence-electron chi connectivity index (χ1n) is 9.85. The van der Waals surface area contributed by atoms with E-state index in [2.05, 4.69) is 22.0 Å². The molecule has 0 bridgehead atoms. The van der Waals surface area contributed by atoms with Crippen molar-refractivity contribution >= 4 is 17.3 Å². The van der Waals surface area contributed by atoms with Crippen LogP contribution in [-0.4, -0.2) is 58.4 Å². The fourth-order valence-corrected chi connectivity index (χ4v) is 2.54. The molecule has 0 spiro atoms. The van der Waals surface area contributed by atoms with Gasteiger partial charge in [0.25, 0.3) is 0 Å². The van der Waals surface area contributed by atoms with Crippen LogP contribution in [0.4, 0.5) is 18.0 Å². The quantitative estimate of drug-likeness (QED) is 0.634. The van der Waals surface area contributed by atoms with Gasteiger partial charge in [-0.3, -0.25) is 0 Å². The van der Waals surface area contributed by atoms with Crippen LogP contribution in [0.2, 0.25) is 0 Å². The first-order valence-corrected chi connectivity index (χ1v) is 9.85. The largest absolute Gasteiger partial charge is 0.444 e. The van der Waals surface area contributed by atoms with E-state index < -0.39 is 36.1 Å². The highest BCUT2D eigenvalue weighted by Crippen LogP contribution is 2.33. The lowest BCUT2D eigenvalue weighted by molar-refractivity contribution is -0.265. The molecule has 2 aromatic heterocycles. The molecule has 1 amide bonds. The molecule has 0 unspecified atom stereocenters. The molecule has 2 rings (SSSR count). The number of halogens is 3. The lowest BCUT2D eigenvalue weighted by atomic mass is 10.1. The third-order valence-corrected chi connectivity index (χ3v) is 4.41. The first-order chi connectivity index (χ1) is 14.6. The Morgan fingerprint density at radius 1 is 1.25 bits per heavy atom. The van der Waals surface area contributed by atoms with Gasteiger partial charge in [0.05, 0.1) is 37.3 Å².